The average Bonchev–Trinajstić information content (AvgIpc) is 2.56. The van der Waals surface area contributed by atoms with Crippen molar-refractivity contribution in [3.63, 3.8) is 0 Å². The van der Waals surface area contributed by atoms with Gasteiger partial charge in [0.25, 0.3) is 0 Å². The lowest BCUT2D eigenvalue weighted by molar-refractivity contribution is -0.137. The number of hydrogen-bond acceptors (Lipinski definition) is 3. The molecule has 0 aromatic heterocycles. The molecule has 3 nitrogen and oxygen atoms in total. The van der Waals surface area contributed by atoms with Crippen molar-refractivity contribution >= 4 is 5.97 Å². The number of hydrogen-bond donors (Lipinski definition) is 0. The number of benzene rings is 2. The van der Waals surface area contributed by atoms with E-state index in [4.69, 9.17) is 4.74 Å². The Labute approximate surface area is 147 Å². The molecule has 0 atom stereocenters. The molecule has 0 amide bonds. The smallest absolute Gasteiger partial charge is 0.417 e. The Morgan fingerprint density at radius 3 is 2.35 bits per heavy atom. The van der Waals surface area contributed by atoms with Gasteiger partial charge >= 0.3 is 12.1 Å². The number of alkyl halides is 3. The van der Waals surface area contributed by atoms with Gasteiger partial charge < -0.3 is 9.47 Å². The van der Waals surface area contributed by atoms with Gasteiger partial charge in [-0.15, -0.1) is 5.92 Å². The maximum atomic E-state index is 13.3. The van der Waals surface area contributed by atoms with Gasteiger partial charge in [0.05, 0.1) is 12.7 Å². The molecule has 0 N–H and O–H groups in total. The van der Waals surface area contributed by atoms with Gasteiger partial charge in [-0.05, 0) is 49.7 Å². The molecule has 0 saturated carbocycles. The van der Waals surface area contributed by atoms with Gasteiger partial charge in [-0.25, -0.2) is 9.18 Å². The Morgan fingerprint density at radius 1 is 1.12 bits per heavy atom. The minimum Gasteiger partial charge on any atom is -0.465 e. The molecule has 0 spiro atoms. The lowest BCUT2D eigenvalue weighted by Gasteiger charge is -2.16. The standard InChI is InChI=1S/C19H14F4O3/c1-4-5-12-9-14(18(24)25-3)17(10-15(12)19(21,22)23)26-16-7-6-13(20)8-11(16)2/h6-10H,1-3H3. The van der Waals surface area contributed by atoms with Gasteiger partial charge in [0.1, 0.15) is 22.9 Å². The van der Waals surface area contributed by atoms with Crippen LogP contribution in [0.5, 0.6) is 11.5 Å². The largest absolute Gasteiger partial charge is 0.465 e. The lowest BCUT2D eigenvalue weighted by atomic mass is 10.0. The highest BCUT2D eigenvalue weighted by molar-refractivity contribution is 5.93. The lowest BCUT2D eigenvalue weighted by Crippen LogP contribution is -2.12. The number of halogens is 4. The number of carbonyl (C=O) groups is 1. The molecular weight excluding hydrogens is 352 g/mol. The highest BCUT2D eigenvalue weighted by atomic mass is 19.4. The van der Waals surface area contributed by atoms with Crippen molar-refractivity contribution in [1.29, 1.82) is 0 Å². The summed E-state index contributed by atoms with van der Waals surface area (Å²) in [5.41, 5.74) is -1.29. The van der Waals surface area contributed by atoms with Crippen molar-refractivity contribution in [2.75, 3.05) is 7.11 Å². The molecule has 136 valence electrons. The Bertz CT molecular complexity index is 905. The summed E-state index contributed by atoms with van der Waals surface area (Å²) in [6.45, 7) is 2.90. The van der Waals surface area contributed by atoms with E-state index in [2.05, 4.69) is 16.6 Å². The molecule has 2 aromatic rings. The minimum atomic E-state index is -4.70. The van der Waals surface area contributed by atoms with Crippen LogP contribution in [0, 0.1) is 24.6 Å². The van der Waals surface area contributed by atoms with Gasteiger partial charge in [0.2, 0.25) is 0 Å². The number of ether oxygens (including phenoxy) is 2. The third-order valence-electron chi connectivity index (χ3n) is 3.45. The highest BCUT2D eigenvalue weighted by Gasteiger charge is 2.35. The second kappa shape index (κ2) is 7.48. The first kappa shape index (κ1) is 19.3. The highest BCUT2D eigenvalue weighted by Crippen LogP contribution is 2.38. The van der Waals surface area contributed by atoms with Gasteiger partial charge in [-0.2, -0.15) is 13.2 Å². The van der Waals surface area contributed by atoms with Crippen LogP contribution in [0.3, 0.4) is 0 Å². The Kier molecular flexibility index (Phi) is 5.56. The zero-order valence-corrected chi connectivity index (χ0v) is 14.1. The van der Waals surface area contributed by atoms with E-state index >= 15 is 0 Å². The molecule has 2 aromatic carbocycles. The fraction of sp³-hybridized carbons (Fsp3) is 0.211. The van der Waals surface area contributed by atoms with Crippen LogP contribution in [0.2, 0.25) is 0 Å². The molecule has 0 radical (unpaired) electrons. The summed E-state index contributed by atoms with van der Waals surface area (Å²) in [6.07, 6.45) is -4.70. The number of aryl methyl sites for hydroxylation is 1. The van der Waals surface area contributed by atoms with Crippen LogP contribution in [-0.4, -0.2) is 13.1 Å². The van der Waals surface area contributed by atoms with Crippen molar-refractivity contribution in [2.45, 2.75) is 20.0 Å². The molecule has 0 aliphatic carbocycles. The molecule has 26 heavy (non-hydrogen) atoms. The topological polar surface area (TPSA) is 35.5 Å². The molecule has 0 aliphatic rings. The monoisotopic (exact) mass is 366 g/mol. The Balaban J connectivity index is 2.68. The number of methoxy groups -OCH3 is 1. The second-order valence-corrected chi connectivity index (χ2v) is 5.27. The van der Waals surface area contributed by atoms with Crippen LogP contribution >= 0.6 is 0 Å². The third-order valence-corrected chi connectivity index (χ3v) is 3.45. The molecular formula is C19H14F4O3. The van der Waals surface area contributed by atoms with Crippen LogP contribution in [-0.2, 0) is 10.9 Å². The summed E-state index contributed by atoms with van der Waals surface area (Å²) in [6, 6.07) is 5.18. The zero-order chi connectivity index (χ0) is 19.5. The summed E-state index contributed by atoms with van der Waals surface area (Å²) >= 11 is 0. The van der Waals surface area contributed by atoms with Crippen LogP contribution < -0.4 is 4.74 Å². The van der Waals surface area contributed by atoms with Crippen LogP contribution in [0.4, 0.5) is 17.6 Å². The van der Waals surface area contributed by atoms with Crippen molar-refractivity contribution in [2.24, 2.45) is 0 Å². The predicted molar refractivity (Wildman–Crippen MR) is 86.5 cm³/mol. The van der Waals surface area contributed by atoms with E-state index in [9.17, 15) is 22.4 Å². The molecule has 0 fully saturated rings. The minimum absolute atomic E-state index is 0.110. The van der Waals surface area contributed by atoms with Crippen molar-refractivity contribution in [3.05, 3.63) is 58.4 Å². The first-order valence-corrected chi connectivity index (χ1v) is 7.37. The molecule has 7 heteroatoms. The summed E-state index contributed by atoms with van der Waals surface area (Å²) in [7, 11) is 1.10. The van der Waals surface area contributed by atoms with Crippen LogP contribution in [0.1, 0.15) is 34.0 Å². The summed E-state index contributed by atoms with van der Waals surface area (Å²) in [5.74, 6) is 3.06. The summed E-state index contributed by atoms with van der Waals surface area (Å²) in [4.78, 5) is 12.0. The fourth-order valence-corrected chi connectivity index (χ4v) is 2.25. The SMILES string of the molecule is CC#Cc1cc(C(=O)OC)c(Oc2ccc(F)cc2C)cc1C(F)(F)F. The van der Waals surface area contributed by atoms with E-state index in [1.54, 1.807) is 0 Å². The van der Waals surface area contributed by atoms with E-state index in [1.165, 1.54) is 19.9 Å². The van der Waals surface area contributed by atoms with Crippen molar-refractivity contribution in [1.82, 2.24) is 0 Å². The Morgan fingerprint density at radius 2 is 1.81 bits per heavy atom. The van der Waals surface area contributed by atoms with E-state index in [0.29, 0.717) is 11.6 Å². The van der Waals surface area contributed by atoms with Gasteiger partial charge in [-0.3, -0.25) is 0 Å². The van der Waals surface area contributed by atoms with E-state index in [1.807, 2.05) is 0 Å². The van der Waals surface area contributed by atoms with E-state index in [-0.39, 0.29) is 22.6 Å². The van der Waals surface area contributed by atoms with Crippen LogP contribution in [0.25, 0.3) is 0 Å². The number of esters is 1. The Hall–Kier alpha value is -3.01. The zero-order valence-electron chi connectivity index (χ0n) is 14.1. The maximum Gasteiger partial charge on any atom is 0.417 e. The molecule has 0 aliphatic heterocycles. The van der Waals surface area contributed by atoms with E-state index < -0.39 is 23.5 Å². The van der Waals surface area contributed by atoms with Crippen LogP contribution in [0.15, 0.2) is 30.3 Å². The molecule has 2 rings (SSSR count). The molecule has 0 bridgehead atoms. The number of rotatable bonds is 3. The number of carbonyl (C=O) groups excluding carboxylic acids is 1. The molecule has 0 unspecified atom stereocenters. The summed E-state index contributed by atoms with van der Waals surface area (Å²) in [5, 5.41) is 0. The van der Waals surface area contributed by atoms with Crippen molar-refractivity contribution in [3.8, 4) is 23.3 Å². The first-order valence-electron chi connectivity index (χ1n) is 7.37. The third kappa shape index (κ3) is 4.14. The fourth-order valence-electron chi connectivity index (χ4n) is 2.25. The molecule has 0 heterocycles. The quantitative estimate of drug-likeness (QED) is 0.431. The molecule has 0 saturated heterocycles. The average molecular weight is 366 g/mol. The van der Waals surface area contributed by atoms with Crippen molar-refractivity contribution < 1.29 is 31.8 Å². The second-order valence-electron chi connectivity index (χ2n) is 5.27. The summed E-state index contributed by atoms with van der Waals surface area (Å²) < 4.78 is 63.3. The predicted octanol–water partition coefficient (Wildman–Crippen LogP) is 5.10. The van der Waals surface area contributed by atoms with Gasteiger partial charge in [0, 0.05) is 5.56 Å². The normalized spacial score (nSPS) is 10.7. The first-order chi connectivity index (χ1) is 12.2. The maximum absolute atomic E-state index is 13.3. The van der Waals surface area contributed by atoms with E-state index in [0.717, 1.165) is 25.3 Å². The van der Waals surface area contributed by atoms with Gasteiger partial charge in [-0.1, -0.05) is 5.92 Å². The van der Waals surface area contributed by atoms with Gasteiger partial charge in [0.15, 0.2) is 0 Å².